The Labute approximate surface area is 119 Å². The summed E-state index contributed by atoms with van der Waals surface area (Å²) in [5, 5.41) is 11.7. The first-order valence-electron chi connectivity index (χ1n) is 6.77. The van der Waals surface area contributed by atoms with Crippen LogP contribution in [0.4, 0.5) is 0 Å². The van der Waals surface area contributed by atoms with E-state index in [4.69, 9.17) is 10.00 Å². The Morgan fingerprint density at radius 2 is 2.45 bits per heavy atom. The van der Waals surface area contributed by atoms with E-state index in [9.17, 15) is 4.79 Å². The Kier molecular flexibility index (Phi) is 5.10. The van der Waals surface area contributed by atoms with Gasteiger partial charge in [-0.3, -0.25) is 4.79 Å². The van der Waals surface area contributed by atoms with Crippen LogP contribution in [0.15, 0.2) is 24.3 Å². The van der Waals surface area contributed by atoms with Crippen molar-refractivity contribution in [3.8, 4) is 6.07 Å². The number of ether oxygens (including phenoxy) is 1. The minimum Gasteiger partial charge on any atom is -0.375 e. The Hall–Kier alpha value is -1.90. The lowest BCUT2D eigenvalue weighted by atomic mass is 10.1. The van der Waals surface area contributed by atoms with Crippen molar-refractivity contribution in [2.24, 2.45) is 0 Å². The molecule has 20 heavy (non-hydrogen) atoms. The molecule has 0 aliphatic carbocycles. The lowest BCUT2D eigenvalue weighted by molar-refractivity contribution is -0.0226. The molecule has 0 aromatic heterocycles. The first-order chi connectivity index (χ1) is 9.69. The van der Waals surface area contributed by atoms with E-state index in [1.54, 1.807) is 24.3 Å². The van der Waals surface area contributed by atoms with Crippen LogP contribution in [0.1, 0.15) is 22.3 Å². The average molecular weight is 273 g/mol. The van der Waals surface area contributed by atoms with Crippen molar-refractivity contribution >= 4 is 5.91 Å². The standard InChI is InChI=1S/C15H19N3O2/c1-18-7-8-20-14(11-18)5-6-17-15(19)13-4-2-3-12(9-13)10-16/h2-4,9,14H,5-8,11H2,1H3,(H,17,19). The zero-order valence-electron chi connectivity index (χ0n) is 11.6. The van der Waals surface area contributed by atoms with Crippen molar-refractivity contribution in [3.63, 3.8) is 0 Å². The number of benzene rings is 1. The smallest absolute Gasteiger partial charge is 0.251 e. The van der Waals surface area contributed by atoms with Gasteiger partial charge in [-0.05, 0) is 31.7 Å². The number of amides is 1. The van der Waals surface area contributed by atoms with E-state index in [1.807, 2.05) is 6.07 Å². The number of carbonyl (C=O) groups is 1. The fraction of sp³-hybridized carbons (Fsp3) is 0.467. The summed E-state index contributed by atoms with van der Waals surface area (Å²) in [6.07, 6.45) is 0.980. The first kappa shape index (κ1) is 14.5. The van der Waals surface area contributed by atoms with Crippen molar-refractivity contribution < 1.29 is 9.53 Å². The molecule has 5 heteroatoms. The summed E-state index contributed by atoms with van der Waals surface area (Å²) in [5.74, 6) is -0.147. The van der Waals surface area contributed by atoms with Crippen LogP contribution in [0.5, 0.6) is 0 Å². The maximum Gasteiger partial charge on any atom is 0.251 e. The minimum absolute atomic E-state index is 0.147. The van der Waals surface area contributed by atoms with Crippen LogP contribution in [-0.2, 0) is 4.74 Å². The third kappa shape index (κ3) is 4.05. The van der Waals surface area contributed by atoms with Crippen LogP contribution in [0.2, 0.25) is 0 Å². The number of hydrogen-bond donors (Lipinski definition) is 1. The van der Waals surface area contributed by atoms with E-state index in [0.29, 0.717) is 17.7 Å². The molecule has 0 saturated carbocycles. The molecule has 1 aliphatic rings. The summed E-state index contributed by atoms with van der Waals surface area (Å²) in [5.41, 5.74) is 1.01. The number of nitrogens with zero attached hydrogens (tertiary/aromatic N) is 2. The monoisotopic (exact) mass is 273 g/mol. The van der Waals surface area contributed by atoms with E-state index < -0.39 is 0 Å². The number of likely N-dealkylation sites (N-methyl/N-ethyl adjacent to an activating group) is 1. The van der Waals surface area contributed by atoms with Gasteiger partial charge in [-0.1, -0.05) is 6.07 Å². The minimum atomic E-state index is -0.147. The molecule has 1 N–H and O–H groups in total. The van der Waals surface area contributed by atoms with Crippen LogP contribution >= 0.6 is 0 Å². The van der Waals surface area contributed by atoms with E-state index in [-0.39, 0.29) is 12.0 Å². The lowest BCUT2D eigenvalue weighted by Gasteiger charge is -2.30. The van der Waals surface area contributed by atoms with Crippen LogP contribution in [0.3, 0.4) is 0 Å². The molecule has 0 radical (unpaired) electrons. The fourth-order valence-corrected chi connectivity index (χ4v) is 2.22. The summed E-state index contributed by atoms with van der Waals surface area (Å²) in [7, 11) is 2.07. The van der Waals surface area contributed by atoms with Crippen LogP contribution in [0.25, 0.3) is 0 Å². The SMILES string of the molecule is CN1CCOC(CCNC(=O)c2cccc(C#N)c2)C1. The molecule has 1 amide bonds. The highest BCUT2D eigenvalue weighted by Gasteiger charge is 2.17. The second-order valence-corrected chi connectivity index (χ2v) is 4.99. The van der Waals surface area contributed by atoms with Gasteiger partial charge in [0.25, 0.3) is 5.91 Å². The molecule has 1 heterocycles. The molecule has 1 atom stereocenters. The quantitative estimate of drug-likeness (QED) is 0.889. The van der Waals surface area contributed by atoms with Crippen molar-refractivity contribution in [1.29, 1.82) is 5.26 Å². The molecule has 1 aliphatic heterocycles. The van der Waals surface area contributed by atoms with E-state index in [2.05, 4.69) is 17.3 Å². The van der Waals surface area contributed by atoms with Crippen molar-refractivity contribution in [1.82, 2.24) is 10.2 Å². The van der Waals surface area contributed by atoms with Gasteiger partial charge in [-0.2, -0.15) is 5.26 Å². The van der Waals surface area contributed by atoms with Gasteiger partial charge in [0.2, 0.25) is 0 Å². The van der Waals surface area contributed by atoms with Gasteiger partial charge in [0.1, 0.15) is 0 Å². The number of nitrogens with one attached hydrogen (secondary N) is 1. The Morgan fingerprint density at radius 3 is 3.20 bits per heavy atom. The summed E-state index contributed by atoms with van der Waals surface area (Å²) < 4.78 is 5.64. The number of morpholine rings is 1. The molecule has 1 aromatic rings. The van der Waals surface area contributed by atoms with Crippen LogP contribution in [-0.4, -0.2) is 50.2 Å². The Morgan fingerprint density at radius 1 is 1.60 bits per heavy atom. The molecule has 0 spiro atoms. The highest BCUT2D eigenvalue weighted by molar-refractivity contribution is 5.94. The molecular formula is C15H19N3O2. The molecule has 1 fully saturated rings. The van der Waals surface area contributed by atoms with Gasteiger partial charge < -0.3 is 15.0 Å². The van der Waals surface area contributed by atoms with Gasteiger partial charge in [0.05, 0.1) is 24.3 Å². The van der Waals surface area contributed by atoms with E-state index in [1.165, 1.54) is 0 Å². The van der Waals surface area contributed by atoms with Crippen LogP contribution < -0.4 is 5.32 Å². The van der Waals surface area contributed by atoms with Crippen molar-refractivity contribution in [2.45, 2.75) is 12.5 Å². The van der Waals surface area contributed by atoms with E-state index >= 15 is 0 Å². The average Bonchev–Trinajstić information content (AvgIpc) is 2.47. The second kappa shape index (κ2) is 7.04. The van der Waals surface area contributed by atoms with Gasteiger partial charge in [-0.25, -0.2) is 0 Å². The van der Waals surface area contributed by atoms with Gasteiger partial charge >= 0.3 is 0 Å². The first-order valence-corrected chi connectivity index (χ1v) is 6.77. The normalized spacial score (nSPS) is 19.3. The maximum atomic E-state index is 11.9. The molecule has 0 bridgehead atoms. The highest BCUT2D eigenvalue weighted by atomic mass is 16.5. The molecule has 1 unspecified atom stereocenters. The number of nitriles is 1. The molecule has 5 nitrogen and oxygen atoms in total. The fourth-order valence-electron chi connectivity index (χ4n) is 2.22. The van der Waals surface area contributed by atoms with Gasteiger partial charge in [0.15, 0.2) is 0 Å². The summed E-state index contributed by atoms with van der Waals surface area (Å²) >= 11 is 0. The molecule has 106 valence electrons. The van der Waals surface area contributed by atoms with Crippen molar-refractivity contribution in [3.05, 3.63) is 35.4 Å². The number of hydrogen-bond acceptors (Lipinski definition) is 4. The number of rotatable bonds is 4. The maximum absolute atomic E-state index is 11.9. The zero-order chi connectivity index (χ0) is 14.4. The molecule has 2 rings (SSSR count). The predicted octanol–water partition coefficient (Wildman–Crippen LogP) is 1.01. The number of carbonyl (C=O) groups excluding carboxylic acids is 1. The van der Waals surface area contributed by atoms with Crippen molar-refractivity contribution in [2.75, 3.05) is 33.3 Å². The summed E-state index contributed by atoms with van der Waals surface area (Å²) in [6.45, 7) is 3.19. The summed E-state index contributed by atoms with van der Waals surface area (Å²) in [4.78, 5) is 14.2. The predicted molar refractivity (Wildman–Crippen MR) is 75.3 cm³/mol. The lowest BCUT2D eigenvalue weighted by Crippen LogP contribution is -2.41. The molecular weight excluding hydrogens is 254 g/mol. The Bertz CT molecular complexity index is 510. The topological polar surface area (TPSA) is 65.4 Å². The highest BCUT2D eigenvalue weighted by Crippen LogP contribution is 2.07. The molecule has 1 aromatic carbocycles. The summed E-state index contributed by atoms with van der Waals surface area (Å²) in [6, 6.07) is 8.73. The largest absolute Gasteiger partial charge is 0.375 e. The zero-order valence-corrected chi connectivity index (χ0v) is 11.6. The van der Waals surface area contributed by atoms with Gasteiger partial charge in [0, 0.05) is 25.2 Å². The third-order valence-corrected chi connectivity index (χ3v) is 3.35. The van der Waals surface area contributed by atoms with Crippen LogP contribution in [0, 0.1) is 11.3 Å². The second-order valence-electron chi connectivity index (χ2n) is 4.99. The molecule has 1 saturated heterocycles. The van der Waals surface area contributed by atoms with E-state index in [0.717, 1.165) is 26.1 Å². The van der Waals surface area contributed by atoms with Gasteiger partial charge in [-0.15, -0.1) is 0 Å². The Balaban J connectivity index is 1.78. The third-order valence-electron chi connectivity index (χ3n) is 3.35.